The van der Waals surface area contributed by atoms with E-state index in [2.05, 4.69) is 13.2 Å². The van der Waals surface area contributed by atoms with Crippen molar-refractivity contribution in [2.45, 2.75) is 0 Å². The standard InChI is InChI=1S/C10H22O6.C2H4/c11-1-3-13-5-7-15-9-10-16-8-6-14-4-2-12;1-2/h11-12H,1-10H2;1-2H2. The lowest BCUT2D eigenvalue weighted by atomic mass is 10.7. The molecule has 0 bridgehead atoms. The Bertz CT molecular complexity index is 120. The maximum atomic E-state index is 8.41. The van der Waals surface area contributed by atoms with Crippen LogP contribution in [0.25, 0.3) is 0 Å². The normalized spacial score (nSPS) is 9.89. The fourth-order valence-electron chi connectivity index (χ4n) is 0.891. The Morgan fingerprint density at radius 1 is 0.500 bits per heavy atom. The minimum Gasteiger partial charge on any atom is -0.394 e. The highest BCUT2D eigenvalue weighted by molar-refractivity contribution is 4.34. The molecule has 0 aliphatic carbocycles. The molecule has 0 rings (SSSR count). The molecule has 0 aliphatic heterocycles. The Kier molecular flexibility index (Phi) is 24.0. The first-order valence-corrected chi connectivity index (χ1v) is 5.94. The summed E-state index contributed by atoms with van der Waals surface area (Å²) in [5, 5.41) is 16.8. The zero-order valence-corrected chi connectivity index (χ0v) is 11.0. The molecule has 0 saturated carbocycles. The minimum atomic E-state index is 0.0386. The second-order valence-corrected chi connectivity index (χ2v) is 2.90. The topological polar surface area (TPSA) is 77.4 Å². The Hall–Kier alpha value is -0.500. The third-order valence-corrected chi connectivity index (χ3v) is 1.59. The molecule has 0 heterocycles. The highest BCUT2D eigenvalue weighted by Gasteiger charge is 1.91. The van der Waals surface area contributed by atoms with Crippen molar-refractivity contribution >= 4 is 0 Å². The lowest BCUT2D eigenvalue weighted by molar-refractivity contribution is -0.00856. The highest BCUT2D eigenvalue weighted by Crippen LogP contribution is 1.82. The van der Waals surface area contributed by atoms with E-state index < -0.39 is 0 Å². The summed E-state index contributed by atoms with van der Waals surface area (Å²) in [4.78, 5) is 0. The second-order valence-electron chi connectivity index (χ2n) is 2.90. The lowest BCUT2D eigenvalue weighted by Crippen LogP contribution is -2.13. The molecule has 0 radical (unpaired) electrons. The second kappa shape index (κ2) is 21.8. The molecule has 0 atom stereocenters. The molecule has 0 saturated heterocycles. The van der Waals surface area contributed by atoms with Crippen molar-refractivity contribution in [3.8, 4) is 0 Å². The van der Waals surface area contributed by atoms with Gasteiger partial charge in [-0.2, -0.15) is 0 Å². The summed E-state index contributed by atoms with van der Waals surface area (Å²) in [6.07, 6.45) is 0. The van der Waals surface area contributed by atoms with Crippen LogP contribution in [0.4, 0.5) is 0 Å². The molecule has 0 aromatic rings. The van der Waals surface area contributed by atoms with Gasteiger partial charge in [0.15, 0.2) is 0 Å². The van der Waals surface area contributed by atoms with Crippen LogP contribution in [-0.2, 0) is 18.9 Å². The van der Waals surface area contributed by atoms with E-state index in [1.165, 1.54) is 0 Å². The molecular formula is C12H26O6. The van der Waals surface area contributed by atoms with Crippen LogP contribution >= 0.6 is 0 Å². The van der Waals surface area contributed by atoms with Gasteiger partial charge in [-0.25, -0.2) is 0 Å². The molecule has 0 amide bonds. The summed E-state index contributed by atoms with van der Waals surface area (Å²) in [6.45, 7) is 9.79. The van der Waals surface area contributed by atoms with Crippen molar-refractivity contribution in [3.05, 3.63) is 13.2 Å². The molecule has 0 aromatic heterocycles. The Morgan fingerprint density at radius 2 is 0.722 bits per heavy atom. The maximum Gasteiger partial charge on any atom is 0.0701 e. The van der Waals surface area contributed by atoms with Crippen LogP contribution in [-0.4, -0.2) is 76.3 Å². The van der Waals surface area contributed by atoms with Crippen LogP contribution in [0.2, 0.25) is 0 Å². The fraction of sp³-hybridized carbons (Fsp3) is 0.833. The number of aliphatic hydroxyl groups excluding tert-OH is 2. The van der Waals surface area contributed by atoms with Crippen molar-refractivity contribution < 1.29 is 29.2 Å². The van der Waals surface area contributed by atoms with Gasteiger partial charge >= 0.3 is 0 Å². The molecular weight excluding hydrogens is 240 g/mol. The molecule has 18 heavy (non-hydrogen) atoms. The summed E-state index contributed by atoms with van der Waals surface area (Å²) in [5.41, 5.74) is 0. The van der Waals surface area contributed by atoms with Crippen molar-refractivity contribution in [2.75, 3.05) is 66.1 Å². The first-order chi connectivity index (χ1) is 8.91. The molecule has 2 N–H and O–H groups in total. The molecule has 110 valence electrons. The zero-order valence-electron chi connectivity index (χ0n) is 11.0. The lowest BCUT2D eigenvalue weighted by Gasteiger charge is -2.06. The first-order valence-electron chi connectivity index (χ1n) is 5.94. The Morgan fingerprint density at radius 3 is 0.944 bits per heavy atom. The van der Waals surface area contributed by atoms with E-state index in [1.807, 2.05) is 0 Å². The summed E-state index contributed by atoms with van der Waals surface area (Å²) < 4.78 is 20.4. The number of rotatable bonds is 13. The van der Waals surface area contributed by atoms with Crippen LogP contribution in [0.3, 0.4) is 0 Å². The molecule has 6 nitrogen and oxygen atoms in total. The monoisotopic (exact) mass is 266 g/mol. The summed E-state index contributed by atoms with van der Waals surface area (Å²) in [7, 11) is 0. The van der Waals surface area contributed by atoms with Crippen LogP contribution in [0, 0.1) is 0 Å². The van der Waals surface area contributed by atoms with E-state index in [9.17, 15) is 0 Å². The van der Waals surface area contributed by atoms with Gasteiger partial charge in [-0.05, 0) is 0 Å². The van der Waals surface area contributed by atoms with Crippen LogP contribution in [0.5, 0.6) is 0 Å². The smallest absolute Gasteiger partial charge is 0.0701 e. The number of hydrogen-bond donors (Lipinski definition) is 2. The van der Waals surface area contributed by atoms with Gasteiger partial charge < -0.3 is 29.2 Å². The predicted molar refractivity (Wildman–Crippen MR) is 68.7 cm³/mol. The van der Waals surface area contributed by atoms with Crippen molar-refractivity contribution in [3.63, 3.8) is 0 Å². The average molecular weight is 266 g/mol. The third kappa shape index (κ3) is 20.9. The first kappa shape index (κ1) is 19.8. The summed E-state index contributed by atoms with van der Waals surface area (Å²) in [5.74, 6) is 0. The highest BCUT2D eigenvalue weighted by atomic mass is 16.6. The molecule has 0 fully saturated rings. The van der Waals surface area contributed by atoms with E-state index in [0.29, 0.717) is 52.9 Å². The van der Waals surface area contributed by atoms with Gasteiger partial charge in [0.2, 0.25) is 0 Å². The van der Waals surface area contributed by atoms with Gasteiger partial charge in [-0.1, -0.05) is 0 Å². The van der Waals surface area contributed by atoms with Gasteiger partial charge in [0.25, 0.3) is 0 Å². The quantitative estimate of drug-likeness (QED) is 0.356. The van der Waals surface area contributed by atoms with E-state index in [4.69, 9.17) is 29.2 Å². The van der Waals surface area contributed by atoms with Crippen molar-refractivity contribution in [1.29, 1.82) is 0 Å². The van der Waals surface area contributed by atoms with E-state index in [1.54, 1.807) is 0 Å². The summed E-state index contributed by atoms with van der Waals surface area (Å²) >= 11 is 0. The minimum absolute atomic E-state index is 0.0386. The Balaban J connectivity index is 0. The number of ether oxygens (including phenoxy) is 4. The largest absolute Gasteiger partial charge is 0.394 e. The van der Waals surface area contributed by atoms with Crippen LogP contribution in [0.15, 0.2) is 13.2 Å². The Labute approximate surface area is 109 Å². The van der Waals surface area contributed by atoms with Gasteiger partial charge in [0.1, 0.15) is 0 Å². The average Bonchev–Trinajstić information content (AvgIpc) is 2.42. The predicted octanol–water partition coefficient (Wildman–Crippen LogP) is -0.160. The fourth-order valence-corrected chi connectivity index (χ4v) is 0.891. The van der Waals surface area contributed by atoms with Crippen LogP contribution in [0.1, 0.15) is 0 Å². The van der Waals surface area contributed by atoms with Crippen molar-refractivity contribution in [1.82, 2.24) is 0 Å². The van der Waals surface area contributed by atoms with E-state index in [0.717, 1.165) is 0 Å². The van der Waals surface area contributed by atoms with E-state index in [-0.39, 0.29) is 13.2 Å². The third-order valence-electron chi connectivity index (χ3n) is 1.59. The van der Waals surface area contributed by atoms with Gasteiger partial charge in [-0.15, -0.1) is 13.2 Å². The maximum absolute atomic E-state index is 8.41. The van der Waals surface area contributed by atoms with Crippen molar-refractivity contribution in [2.24, 2.45) is 0 Å². The van der Waals surface area contributed by atoms with E-state index >= 15 is 0 Å². The molecule has 0 aliphatic rings. The number of aliphatic hydroxyl groups is 2. The van der Waals surface area contributed by atoms with Crippen LogP contribution < -0.4 is 0 Å². The zero-order chi connectivity index (χ0) is 13.9. The van der Waals surface area contributed by atoms with Gasteiger partial charge in [0.05, 0.1) is 66.1 Å². The van der Waals surface area contributed by atoms with Gasteiger partial charge in [-0.3, -0.25) is 0 Å². The van der Waals surface area contributed by atoms with Gasteiger partial charge in [0, 0.05) is 0 Å². The molecule has 0 spiro atoms. The SMILES string of the molecule is C=C.OCCOCCOCCOCCOCCO. The molecule has 0 unspecified atom stereocenters. The molecule has 0 aromatic carbocycles. The molecule has 6 heteroatoms. The summed E-state index contributed by atoms with van der Waals surface area (Å²) in [6, 6.07) is 0. The number of hydrogen-bond acceptors (Lipinski definition) is 6.